The van der Waals surface area contributed by atoms with E-state index in [-0.39, 0.29) is 0 Å². The minimum Gasteiger partial charge on any atom is -0.494 e. The second kappa shape index (κ2) is 3.09. The third-order valence-corrected chi connectivity index (χ3v) is 2.10. The van der Waals surface area contributed by atoms with E-state index in [2.05, 4.69) is 18.1 Å². The van der Waals surface area contributed by atoms with Gasteiger partial charge in [0.05, 0.1) is 12.8 Å². The summed E-state index contributed by atoms with van der Waals surface area (Å²) in [7, 11) is 1.67. The van der Waals surface area contributed by atoms with Crippen molar-refractivity contribution < 1.29 is 4.74 Å². The molecule has 0 atom stereocenters. The predicted octanol–water partition coefficient (Wildman–Crippen LogP) is 1.91. The second-order valence-electron chi connectivity index (χ2n) is 2.90. The highest BCUT2D eigenvalue weighted by Gasteiger charge is 2.03. The van der Waals surface area contributed by atoms with Crippen LogP contribution in [0.4, 0.5) is 0 Å². The van der Waals surface area contributed by atoms with Gasteiger partial charge in [0.25, 0.3) is 0 Å². The van der Waals surface area contributed by atoms with E-state index in [0.717, 1.165) is 23.4 Å². The van der Waals surface area contributed by atoms with Crippen LogP contribution in [-0.4, -0.2) is 16.7 Å². The molecule has 0 aromatic carbocycles. The summed E-state index contributed by atoms with van der Waals surface area (Å²) < 4.78 is 7.07. The third kappa shape index (κ3) is 1.26. The van der Waals surface area contributed by atoms with Gasteiger partial charge < -0.3 is 4.74 Å². The summed E-state index contributed by atoms with van der Waals surface area (Å²) in [6, 6.07) is 5.92. The number of rotatable bonds is 2. The zero-order valence-electron chi connectivity index (χ0n) is 7.82. The summed E-state index contributed by atoms with van der Waals surface area (Å²) in [4.78, 5) is 0. The van der Waals surface area contributed by atoms with Crippen molar-refractivity contribution in [3.05, 3.63) is 30.1 Å². The van der Waals surface area contributed by atoms with Crippen molar-refractivity contribution in [2.75, 3.05) is 7.11 Å². The van der Waals surface area contributed by atoms with Gasteiger partial charge in [0.15, 0.2) is 0 Å². The molecule has 0 aliphatic heterocycles. The zero-order chi connectivity index (χ0) is 9.26. The summed E-state index contributed by atoms with van der Waals surface area (Å²) in [5, 5.41) is 4.38. The quantitative estimate of drug-likeness (QED) is 0.698. The number of aryl methyl sites for hydroxylation is 1. The fraction of sp³-hybridized carbons (Fsp3) is 0.300. The van der Waals surface area contributed by atoms with E-state index in [1.165, 1.54) is 0 Å². The maximum atomic E-state index is 5.22. The first kappa shape index (κ1) is 8.10. The van der Waals surface area contributed by atoms with Crippen molar-refractivity contribution in [1.29, 1.82) is 0 Å². The van der Waals surface area contributed by atoms with E-state index in [0.29, 0.717) is 0 Å². The fourth-order valence-electron chi connectivity index (χ4n) is 1.39. The Morgan fingerprint density at radius 2 is 2.38 bits per heavy atom. The van der Waals surface area contributed by atoms with E-state index in [1.54, 1.807) is 7.11 Å². The molecule has 0 aliphatic rings. The number of fused-ring (bicyclic) bond motifs is 1. The predicted molar refractivity (Wildman–Crippen MR) is 51.1 cm³/mol. The van der Waals surface area contributed by atoms with Gasteiger partial charge in [-0.1, -0.05) is 6.92 Å². The number of aromatic nitrogens is 2. The molecule has 3 nitrogen and oxygen atoms in total. The lowest BCUT2D eigenvalue weighted by Crippen LogP contribution is -1.90. The van der Waals surface area contributed by atoms with Crippen LogP contribution in [0.5, 0.6) is 5.75 Å². The average Bonchev–Trinajstić information content (AvgIpc) is 2.59. The Bertz CT molecular complexity index is 420. The molecule has 2 rings (SSSR count). The van der Waals surface area contributed by atoms with Crippen molar-refractivity contribution in [3.63, 3.8) is 0 Å². The second-order valence-corrected chi connectivity index (χ2v) is 2.90. The molecule has 0 saturated heterocycles. The van der Waals surface area contributed by atoms with Gasteiger partial charge in [0, 0.05) is 6.20 Å². The van der Waals surface area contributed by atoms with Gasteiger partial charge in [-0.2, -0.15) is 5.10 Å². The van der Waals surface area contributed by atoms with E-state index < -0.39 is 0 Å². The zero-order valence-corrected chi connectivity index (χ0v) is 7.82. The number of nitrogens with zero attached hydrogens (tertiary/aromatic N) is 2. The molecule has 2 aromatic heterocycles. The molecule has 0 amide bonds. The number of ether oxygens (including phenoxy) is 1. The monoisotopic (exact) mass is 176 g/mol. The SMILES string of the molecule is CCc1cc2c(OC)cccn2n1. The van der Waals surface area contributed by atoms with Crippen LogP contribution in [0, 0.1) is 0 Å². The summed E-state index contributed by atoms with van der Waals surface area (Å²) in [5.41, 5.74) is 2.12. The van der Waals surface area contributed by atoms with E-state index >= 15 is 0 Å². The lowest BCUT2D eigenvalue weighted by atomic mass is 10.3. The highest BCUT2D eigenvalue weighted by molar-refractivity contribution is 5.60. The first-order chi connectivity index (χ1) is 6.35. The van der Waals surface area contributed by atoms with E-state index in [1.807, 2.05) is 22.8 Å². The summed E-state index contributed by atoms with van der Waals surface area (Å²) in [6.45, 7) is 2.09. The molecular formula is C10H12N2O. The molecule has 0 fully saturated rings. The van der Waals surface area contributed by atoms with Crippen LogP contribution in [-0.2, 0) is 6.42 Å². The Labute approximate surface area is 76.9 Å². The van der Waals surface area contributed by atoms with Crippen molar-refractivity contribution >= 4 is 5.52 Å². The molecule has 0 unspecified atom stereocenters. The third-order valence-electron chi connectivity index (χ3n) is 2.10. The molecule has 2 aromatic rings. The molecule has 0 radical (unpaired) electrons. The molecule has 13 heavy (non-hydrogen) atoms. The van der Waals surface area contributed by atoms with Gasteiger partial charge in [-0.3, -0.25) is 0 Å². The van der Waals surface area contributed by atoms with Crippen molar-refractivity contribution in [2.45, 2.75) is 13.3 Å². The maximum Gasteiger partial charge on any atom is 0.144 e. The van der Waals surface area contributed by atoms with Crippen molar-refractivity contribution in [2.24, 2.45) is 0 Å². The van der Waals surface area contributed by atoms with Gasteiger partial charge in [-0.15, -0.1) is 0 Å². The average molecular weight is 176 g/mol. The van der Waals surface area contributed by atoms with Crippen molar-refractivity contribution in [1.82, 2.24) is 9.61 Å². The lowest BCUT2D eigenvalue weighted by Gasteiger charge is -1.99. The summed E-state index contributed by atoms with van der Waals surface area (Å²) in [6.07, 6.45) is 2.88. The summed E-state index contributed by atoms with van der Waals surface area (Å²) >= 11 is 0. The Balaban J connectivity index is 2.67. The molecule has 0 aliphatic carbocycles. The molecule has 0 spiro atoms. The molecule has 0 saturated carbocycles. The van der Waals surface area contributed by atoms with Gasteiger partial charge in [-0.25, -0.2) is 4.52 Å². The van der Waals surface area contributed by atoms with Crippen LogP contribution in [0.3, 0.4) is 0 Å². The molecule has 0 bridgehead atoms. The topological polar surface area (TPSA) is 26.5 Å². The maximum absolute atomic E-state index is 5.22. The highest BCUT2D eigenvalue weighted by Crippen LogP contribution is 2.19. The van der Waals surface area contributed by atoms with Crippen LogP contribution < -0.4 is 4.74 Å². The van der Waals surface area contributed by atoms with Crippen LogP contribution in [0.25, 0.3) is 5.52 Å². The van der Waals surface area contributed by atoms with E-state index in [4.69, 9.17) is 4.74 Å². The lowest BCUT2D eigenvalue weighted by molar-refractivity contribution is 0.417. The van der Waals surface area contributed by atoms with Crippen LogP contribution in [0.1, 0.15) is 12.6 Å². The molecule has 0 N–H and O–H groups in total. The normalized spacial score (nSPS) is 10.6. The minimum absolute atomic E-state index is 0.870. The van der Waals surface area contributed by atoms with Gasteiger partial charge in [0.2, 0.25) is 0 Å². The molecule has 3 heteroatoms. The van der Waals surface area contributed by atoms with Gasteiger partial charge in [0.1, 0.15) is 11.3 Å². The van der Waals surface area contributed by atoms with Crippen molar-refractivity contribution in [3.8, 4) is 5.75 Å². The number of pyridine rings is 1. The van der Waals surface area contributed by atoms with E-state index in [9.17, 15) is 0 Å². The Hall–Kier alpha value is -1.51. The first-order valence-electron chi connectivity index (χ1n) is 4.36. The van der Waals surface area contributed by atoms with Gasteiger partial charge >= 0.3 is 0 Å². The Morgan fingerprint density at radius 3 is 3.08 bits per heavy atom. The summed E-state index contributed by atoms with van der Waals surface area (Å²) in [5.74, 6) is 0.870. The molecule has 2 heterocycles. The Kier molecular flexibility index (Phi) is 1.93. The fourth-order valence-corrected chi connectivity index (χ4v) is 1.39. The van der Waals surface area contributed by atoms with Crippen LogP contribution in [0.2, 0.25) is 0 Å². The van der Waals surface area contributed by atoms with Crippen LogP contribution >= 0.6 is 0 Å². The number of hydrogen-bond donors (Lipinski definition) is 0. The minimum atomic E-state index is 0.870. The van der Waals surface area contributed by atoms with Gasteiger partial charge in [-0.05, 0) is 24.6 Å². The molecular weight excluding hydrogens is 164 g/mol. The number of hydrogen-bond acceptors (Lipinski definition) is 2. The Morgan fingerprint density at radius 1 is 1.54 bits per heavy atom. The first-order valence-corrected chi connectivity index (χ1v) is 4.36. The highest BCUT2D eigenvalue weighted by atomic mass is 16.5. The smallest absolute Gasteiger partial charge is 0.144 e. The number of methoxy groups -OCH3 is 1. The standard InChI is InChI=1S/C10H12N2O/c1-3-8-7-9-10(13-2)5-4-6-12(9)11-8/h4-7H,3H2,1-2H3. The molecule has 68 valence electrons. The largest absolute Gasteiger partial charge is 0.494 e. The van der Waals surface area contributed by atoms with Crippen LogP contribution in [0.15, 0.2) is 24.4 Å².